The molecule has 60 valence electrons. The fraction of sp³-hybridized carbons (Fsp3) is 0.833. The molecule has 0 unspecified atom stereocenters. The number of nitrogens with one attached hydrogen (secondary N) is 1. The van der Waals surface area contributed by atoms with Gasteiger partial charge in [0.1, 0.15) is 0 Å². The first kappa shape index (κ1) is 9.39. The Kier molecular flexibility index (Phi) is 3.99. The van der Waals surface area contributed by atoms with Crippen molar-refractivity contribution in [3.63, 3.8) is 0 Å². The zero-order valence-electron chi connectivity index (χ0n) is 6.42. The molecule has 0 fully saturated rings. The number of hydrogen-bond donors (Lipinski definition) is 3. The lowest BCUT2D eigenvalue weighted by Crippen LogP contribution is -2.44. The fourth-order valence-corrected chi connectivity index (χ4v) is 0.722. The van der Waals surface area contributed by atoms with Crippen LogP contribution in [0.2, 0.25) is 0 Å². The summed E-state index contributed by atoms with van der Waals surface area (Å²) in [7, 11) is 0. The molecule has 0 aromatic heterocycles. The molecule has 4 heteroatoms. The van der Waals surface area contributed by atoms with E-state index in [4.69, 9.17) is 11.6 Å². The van der Waals surface area contributed by atoms with Crippen LogP contribution in [-0.4, -0.2) is 11.9 Å². The summed E-state index contributed by atoms with van der Waals surface area (Å²) in [6, 6.07) is -0.468. The van der Waals surface area contributed by atoms with Gasteiger partial charge in [-0.3, -0.25) is 10.2 Å². The Morgan fingerprint density at radius 3 is 2.40 bits per heavy atom. The van der Waals surface area contributed by atoms with E-state index in [0.29, 0.717) is 12.3 Å². The molecule has 0 saturated carbocycles. The van der Waals surface area contributed by atoms with Crippen molar-refractivity contribution in [1.29, 1.82) is 0 Å². The Bertz CT molecular complexity index is 114. The molecule has 0 aromatic rings. The van der Waals surface area contributed by atoms with Gasteiger partial charge < -0.3 is 5.73 Å². The zero-order valence-corrected chi connectivity index (χ0v) is 6.42. The third-order valence-corrected chi connectivity index (χ3v) is 1.20. The van der Waals surface area contributed by atoms with Crippen LogP contribution in [-0.2, 0) is 4.79 Å². The zero-order chi connectivity index (χ0) is 8.15. The summed E-state index contributed by atoms with van der Waals surface area (Å²) < 4.78 is 0. The lowest BCUT2D eigenvalue weighted by molar-refractivity contribution is -0.122. The molecule has 0 heterocycles. The Morgan fingerprint density at radius 2 is 2.10 bits per heavy atom. The van der Waals surface area contributed by atoms with E-state index >= 15 is 0 Å². The van der Waals surface area contributed by atoms with Gasteiger partial charge in [-0.05, 0) is 12.3 Å². The third-order valence-electron chi connectivity index (χ3n) is 1.20. The number of carbonyl (C=O) groups is 1. The quantitative estimate of drug-likeness (QED) is 0.280. The molecule has 0 aromatic carbocycles. The largest absolute Gasteiger partial charge is 0.320 e. The van der Waals surface area contributed by atoms with Crippen LogP contribution in [0, 0.1) is 5.92 Å². The molecule has 0 aliphatic heterocycles. The Labute approximate surface area is 60.9 Å². The molecule has 0 aliphatic rings. The van der Waals surface area contributed by atoms with E-state index < -0.39 is 6.04 Å². The summed E-state index contributed by atoms with van der Waals surface area (Å²) in [5.74, 6) is 5.00. The van der Waals surface area contributed by atoms with Crippen molar-refractivity contribution in [2.45, 2.75) is 26.3 Å². The number of nitrogens with two attached hydrogens (primary N) is 2. The van der Waals surface area contributed by atoms with Crippen molar-refractivity contribution in [3.8, 4) is 0 Å². The molecule has 10 heavy (non-hydrogen) atoms. The minimum atomic E-state index is -0.468. The Morgan fingerprint density at radius 1 is 1.60 bits per heavy atom. The highest BCUT2D eigenvalue weighted by Gasteiger charge is 2.12. The van der Waals surface area contributed by atoms with E-state index in [1.165, 1.54) is 0 Å². The maximum atomic E-state index is 10.7. The van der Waals surface area contributed by atoms with E-state index in [2.05, 4.69) is 0 Å². The van der Waals surface area contributed by atoms with E-state index in [0.717, 1.165) is 0 Å². The van der Waals surface area contributed by atoms with E-state index in [1.807, 2.05) is 19.3 Å². The smallest absolute Gasteiger partial charge is 0.250 e. The van der Waals surface area contributed by atoms with Crippen molar-refractivity contribution >= 4 is 5.91 Å². The Hall–Kier alpha value is -0.610. The molecule has 0 bridgehead atoms. The average Bonchev–Trinajstić information content (AvgIpc) is 1.85. The molecule has 0 saturated heterocycles. The molecule has 5 N–H and O–H groups in total. The molecule has 0 rings (SSSR count). The Balaban J connectivity index is 3.61. The molecule has 1 amide bonds. The third kappa shape index (κ3) is 3.42. The average molecular weight is 145 g/mol. The fourth-order valence-electron chi connectivity index (χ4n) is 0.722. The van der Waals surface area contributed by atoms with Crippen LogP contribution in [0.15, 0.2) is 0 Å². The van der Waals surface area contributed by atoms with E-state index in [1.54, 1.807) is 0 Å². The van der Waals surface area contributed by atoms with Crippen LogP contribution in [0.4, 0.5) is 0 Å². The molecular formula is C6H15N3O. The second-order valence-corrected chi connectivity index (χ2v) is 2.74. The number of amides is 1. The van der Waals surface area contributed by atoms with Gasteiger partial charge in [-0.2, -0.15) is 0 Å². The van der Waals surface area contributed by atoms with Crippen molar-refractivity contribution in [2.24, 2.45) is 17.5 Å². The van der Waals surface area contributed by atoms with Gasteiger partial charge in [-0.25, -0.2) is 5.84 Å². The number of carbonyl (C=O) groups excluding carboxylic acids is 1. The second kappa shape index (κ2) is 4.24. The monoisotopic (exact) mass is 145 g/mol. The van der Waals surface area contributed by atoms with Crippen molar-refractivity contribution in [3.05, 3.63) is 0 Å². The highest BCUT2D eigenvalue weighted by atomic mass is 16.2. The normalized spacial score (nSPS) is 13.3. The van der Waals surface area contributed by atoms with Crippen LogP contribution in [0.25, 0.3) is 0 Å². The lowest BCUT2D eigenvalue weighted by Gasteiger charge is -2.11. The van der Waals surface area contributed by atoms with Gasteiger partial charge >= 0.3 is 0 Å². The first-order valence-corrected chi connectivity index (χ1v) is 3.34. The van der Waals surface area contributed by atoms with Gasteiger partial charge in [0.15, 0.2) is 0 Å². The summed E-state index contributed by atoms with van der Waals surface area (Å²) >= 11 is 0. The maximum Gasteiger partial charge on any atom is 0.250 e. The predicted octanol–water partition coefficient (Wildman–Crippen LogP) is -0.650. The van der Waals surface area contributed by atoms with Gasteiger partial charge in [0.05, 0.1) is 6.04 Å². The topological polar surface area (TPSA) is 81.1 Å². The van der Waals surface area contributed by atoms with Gasteiger partial charge in [-0.15, -0.1) is 0 Å². The molecule has 1 atom stereocenters. The minimum Gasteiger partial charge on any atom is -0.320 e. The first-order valence-electron chi connectivity index (χ1n) is 3.34. The van der Waals surface area contributed by atoms with Crippen LogP contribution >= 0.6 is 0 Å². The van der Waals surface area contributed by atoms with Gasteiger partial charge in [0, 0.05) is 0 Å². The highest BCUT2D eigenvalue weighted by molar-refractivity contribution is 5.80. The van der Waals surface area contributed by atoms with Crippen LogP contribution in [0.5, 0.6) is 0 Å². The summed E-state index contributed by atoms with van der Waals surface area (Å²) in [5, 5.41) is 0. The number of hydrogen-bond acceptors (Lipinski definition) is 3. The van der Waals surface area contributed by atoms with Crippen molar-refractivity contribution in [1.82, 2.24) is 5.43 Å². The predicted molar refractivity (Wildman–Crippen MR) is 39.8 cm³/mol. The number of hydrazine groups is 1. The van der Waals surface area contributed by atoms with Crippen molar-refractivity contribution in [2.75, 3.05) is 0 Å². The molecule has 4 nitrogen and oxygen atoms in total. The molecular weight excluding hydrogens is 130 g/mol. The first-order chi connectivity index (χ1) is 4.57. The van der Waals surface area contributed by atoms with E-state index in [-0.39, 0.29) is 5.91 Å². The maximum absolute atomic E-state index is 10.7. The standard InChI is InChI=1S/C6H15N3O/c1-4(2)3-5(7)6(10)9-8/h4-5H,3,7-8H2,1-2H3,(H,9,10)/t5-/m0/s1. The summed E-state index contributed by atoms with van der Waals surface area (Å²) in [6.07, 6.45) is 0.670. The SMILES string of the molecule is CC(C)C[C@H](N)C(=O)NN. The van der Waals surface area contributed by atoms with Crippen LogP contribution in [0.3, 0.4) is 0 Å². The van der Waals surface area contributed by atoms with E-state index in [9.17, 15) is 4.79 Å². The summed E-state index contributed by atoms with van der Waals surface area (Å²) in [4.78, 5) is 10.7. The molecule has 0 spiro atoms. The van der Waals surface area contributed by atoms with Gasteiger partial charge in [0.2, 0.25) is 0 Å². The summed E-state index contributed by atoms with van der Waals surface area (Å²) in [5.41, 5.74) is 7.44. The molecule has 0 aliphatic carbocycles. The van der Waals surface area contributed by atoms with Crippen molar-refractivity contribution < 1.29 is 4.79 Å². The lowest BCUT2D eigenvalue weighted by atomic mass is 10.0. The van der Waals surface area contributed by atoms with Crippen LogP contribution in [0.1, 0.15) is 20.3 Å². The number of rotatable bonds is 3. The van der Waals surface area contributed by atoms with Gasteiger partial charge in [-0.1, -0.05) is 13.8 Å². The summed E-state index contributed by atoms with van der Waals surface area (Å²) in [6.45, 7) is 4.01. The van der Waals surface area contributed by atoms with Crippen LogP contribution < -0.4 is 17.0 Å². The van der Waals surface area contributed by atoms with Gasteiger partial charge in [0.25, 0.3) is 5.91 Å². The molecule has 0 radical (unpaired) electrons. The minimum absolute atomic E-state index is 0.297. The second-order valence-electron chi connectivity index (χ2n) is 2.74. The highest BCUT2D eigenvalue weighted by Crippen LogP contribution is 2.01.